The van der Waals surface area contributed by atoms with Crippen LogP contribution in [0.4, 0.5) is 10.8 Å². The van der Waals surface area contributed by atoms with E-state index in [1.807, 2.05) is 13.8 Å². The molecule has 0 aromatic carbocycles. The molecule has 0 bridgehead atoms. The van der Waals surface area contributed by atoms with Crippen LogP contribution in [0, 0.1) is 13.8 Å². The number of carbonyl (C=O) groups is 3. The quantitative estimate of drug-likeness (QED) is 0.597. The molecule has 0 radical (unpaired) electrons. The third-order valence-corrected chi connectivity index (χ3v) is 5.08. The Hall–Kier alpha value is -2.72. The van der Waals surface area contributed by atoms with Crippen LogP contribution in [0.25, 0.3) is 0 Å². The van der Waals surface area contributed by atoms with Gasteiger partial charge in [-0.2, -0.15) is 0 Å². The maximum atomic E-state index is 12.5. The van der Waals surface area contributed by atoms with E-state index in [1.165, 1.54) is 11.3 Å². The number of nitrogens with zero attached hydrogens (tertiary/aromatic N) is 2. The zero-order valence-corrected chi connectivity index (χ0v) is 18.1. The Morgan fingerprint density at radius 2 is 1.83 bits per heavy atom. The number of ether oxygens (including phenoxy) is 1. The van der Waals surface area contributed by atoms with Crippen LogP contribution in [0.2, 0.25) is 0 Å². The number of hydrogen-bond acceptors (Lipinski definition) is 8. The van der Waals surface area contributed by atoms with Crippen LogP contribution in [0.3, 0.4) is 0 Å². The number of aryl methyl sites for hydroxylation is 2. The summed E-state index contributed by atoms with van der Waals surface area (Å²) in [6.07, 6.45) is 0.661. The lowest BCUT2D eigenvalue weighted by molar-refractivity contribution is -0.119. The number of nitrogens with one attached hydrogen (secondary N) is 2. The first kappa shape index (κ1) is 22.6. The average Bonchev–Trinajstić information content (AvgIpc) is 3.16. The van der Waals surface area contributed by atoms with E-state index < -0.39 is 5.97 Å². The highest BCUT2D eigenvalue weighted by molar-refractivity contribution is 7.16. The van der Waals surface area contributed by atoms with Gasteiger partial charge in [0, 0.05) is 10.9 Å². The third kappa shape index (κ3) is 6.13. The predicted octanol–water partition coefficient (Wildman–Crippen LogP) is 2.60. The van der Waals surface area contributed by atoms with Crippen LogP contribution in [0.15, 0.2) is 10.6 Å². The molecule has 0 aliphatic rings. The highest BCUT2D eigenvalue weighted by atomic mass is 32.1. The summed E-state index contributed by atoms with van der Waals surface area (Å²) in [7, 11) is 1.65. The summed E-state index contributed by atoms with van der Waals surface area (Å²) in [5.74, 6) is -0.179. The molecule has 2 rings (SSSR count). The molecule has 2 heterocycles. The predicted molar refractivity (Wildman–Crippen MR) is 110 cm³/mol. The normalized spacial score (nSPS) is 10.8. The standard InChI is InChI=1S/C19H26N4O5S/c1-6-13-12(4)29-18(17(13)19(26)27-7-2)21-16(25)10-23(5)9-15(24)20-14-8-11(3)28-22-14/h8H,6-7,9-10H2,1-5H3,(H,21,25)(H,20,22,24). The first-order valence-corrected chi connectivity index (χ1v) is 10.1. The lowest BCUT2D eigenvalue weighted by atomic mass is 10.1. The van der Waals surface area contributed by atoms with Crippen LogP contribution >= 0.6 is 11.3 Å². The topological polar surface area (TPSA) is 114 Å². The van der Waals surface area contributed by atoms with Gasteiger partial charge in [0.2, 0.25) is 11.8 Å². The Morgan fingerprint density at radius 3 is 2.38 bits per heavy atom. The fourth-order valence-electron chi connectivity index (χ4n) is 2.83. The molecule has 0 unspecified atom stereocenters. The molecule has 2 aromatic rings. The Bertz CT molecular complexity index is 889. The number of thiophene rings is 1. The Kier molecular flexibility index (Phi) is 7.91. The van der Waals surface area contributed by atoms with Crippen LogP contribution < -0.4 is 10.6 Å². The second kappa shape index (κ2) is 10.2. The van der Waals surface area contributed by atoms with E-state index in [4.69, 9.17) is 9.26 Å². The van der Waals surface area contributed by atoms with Crippen molar-refractivity contribution in [3.05, 3.63) is 27.8 Å². The first-order valence-electron chi connectivity index (χ1n) is 9.26. The second-order valence-corrected chi connectivity index (χ2v) is 7.73. The van der Waals surface area contributed by atoms with E-state index in [0.717, 1.165) is 10.4 Å². The molecule has 2 amide bonds. The Balaban J connectivity index is 1.97. The van der Waals surface area contributed by atoms with Gasteiger partial charge in [-0.15, -0.1) is 11.3 Å². The fourth-order valence-corrected chi connectivity index (χ4v) is 3.98. The number of rotatable bonds is 9. The van der Waals surface area contributed by atoms with Crippen molar-refractivity contribution in [2.75, 3.05) is 37.4 Å². The summed E-state index contributed by atoms with van der Waals surface area (Å²) >= 11 is 1.34. The molecule has 0 atom stereocenters. The van der Waals surface area contributed by atoms with E-state index in [0.29, 0.717) is 28.6 Å². The monoisotopic (exact) mass is 422 g/mol. The van der Waals surface area contributed by atoms with Crippen LogP contribution in [-0.2, 0) is 20.7 Å². The molecule has 10 heteroatoms. The molecule has 0 fully saturated rings. The van der Waals surface area contributed by atoms with Gasteiger partial charge in [-0.25, -0.2) is 4.79 Å². The number of hydrogen-bond donors (Lipinski definition) is 2. The van der Waals surface area contributed by atoms with Gasteiger partial charge in [-0.1, -0.05) is 12.1 Å². The van der Waals surface area contributed by atoms with E-state index in [-0.39, 0.29) is 31.5 Å². The van der Waals surface area contributed by atoms with Crippen LogP contribution in [-0.4, -0.2) is 54.6 Å². The number of amides is 2. The number of aromatic nitrogens is 1. The maximum Gasteiger partial charge on any atom is 0.341 e. The van der Waals surface area contributed by atoms with Crippen molar-refractivity contribution in [2.24, 2.45) is 0 Å². The molecule has 2 aromatic heterocycles. The minimum absolute atomic E-state index is 0.00621. The highest BCUT2D eigenvalue weighted by Gasteiger charge is 2.24. The zero-order chi connectivity index (χ0) is 21.6. The van der Waals surface area contributed by atoms with Crippen molar-refractivity contribution in [2.45, 2.75) is 34.1 Å². The van der Waals surface area contributed by atoms with Gasteiger partial charge in [0.25, 0.3) is 0 Å². The summed E-state index contributed by atoms with van der Waals surface area (Å²) in [6.45, 7) is 7.55. The van der Waals surface area contributed by atoms with Gasteiger partial charge in [-0.3, -0.25) is 14.5 Å². The number of esters is 1. The van der Waals surface area contributed by atoms with Gasteiger partial charge in [0.15, 0.2) is 5.82 Å². The molecular weight excluding hydrogens is 396 g/mol. The molecule has 0 aliphatic heterocycles. The average molecular weight is 423 g/mol. The van der Waals surface area contributed by atoms with Gasteiger partial charge >= 0.3 is 5.97 Å². The second-order valence-electron chi connectivity index (χ2n) is 6.51. The van der Waals surface area contributed by atoms with Crippen molar-refractivity contribution in [3.63, 3.8) is 0 Å². The van der Waals surface area contributed by atoms with Crippen molar-refractivity contribution in [1.82, 2.24) is 10.1 Å². The van der Waals surface area contributed by atoms with Crippen LogP contribution in [0.5, 0.6) is 0 Å². The molecule has 9 nitrogen and oxygen atoms in total. The molecule has 0 saturated carbocycles. The van der Waals surface area contributed by atoms with E-state index in [1.54, 1.807) is 31.9 Å². The molecule has 0 spiro atoms. The summed E-state index contributed by atoms with van der Waals surface area (Å²) in [6, 6.07) is 1.60. The molecule has 29 heavy (non-hydrogen) atoms. The van der Waals surface area contributed by atoms with Gasteiger partial charge < -0.3 is 19.9 Å². The molecule has 0 saturated heterocycles. The van der Waals surface area contributed by atoms with Crippen molar-refractivity contribution in [3.8, 4) is 0 Å². The highest BCUT2D eigenvalue weighted by Crippen LogP contribution is 2.34. The minimum Gasteiger partial charge on any atom is -0.462 e. The fraction of sp³-hybridized carbons (Fsp3) is 0.474. The SMILES string of the molecule is CCOC(=O)c1c(NC(=O)CN(C)CC(=O)Nc2cc(C)on2)sc(C)c1CC. The molecule has 0 aliphatic carbocycles. The van der Waals surface area contributed by atoms with E-state index in [9.17, 15) is 14.4 Å². The lowest BCUT2D eigenvalue weighted by Gasteiger charge is -2.15. The van der Waals surface area contributed by atoms with E-state index >= 15 is 0 Å². The summed E-state index contributed by atoms with van der Waals surface area (Å²) < 4.78 is 10.0. The van der Waals surface area contributed by atoms with Gasteiger partial charge in [0.1, 0.15) is 10.8 Å². The Labute approximate surface area is 173 Å². The van der Waals surface area contributed by atoms with Crippen LogP contribution in [0.1, 0.15) is 40.4 Å². The zero-order valence-electron chi connectivity index (χ0n) is 17.2. The molecular formula is C19H26N4O5S. The summed E-state index contributed by atoms with van der Waals surface area (Å²) in [5.41, 5.74) is 1.28. The minimum atomic E-state index is -0.445. The third-order valence-electron chi connectivity index (χ3n) is 4.02. The number of likely N-dealkylation sites (N-methyl/N-ethyl adjacent to an activating group) is 1. The first-order chi connectivity index (χ1) is 13.7. The summed E-state index contributed by atoms with van der Waals surface area (Å²) in [4.78, 5) is 39.4. The molecule has 2 N–H and O–H groups in total. The Morgan fingerprint density at radius 1 is 1.17 bits per heavy atom. The number of carbonyl (C=O) groups excluding carboxylic acids is 3. The number of anilines is 2. The maximum absolute atomic E-state index is 12.5. The lowest BCUT2D eigenvalue weighted by Crippen LogP contribution is -2.36. The van der Waals surface area contributed by atoms with Crippen molar-refractivity contribution in [1.29, 1.82) is 0 Å². The van der Waals surface area contributed by atoms with E-state index in [2.05, 4.69) is 15.8 Å². The smallest absolute Gasteiger partial charge is 0.341 e. The van der Waals surface area contributed by atoms with Gasteiger partial charge in [0.05, 0.1) is 25.3 Å². The van der Waals surface area contributed by atoms with Crippen molar-refractivity contribution >= 4 is 39.9 Å². The van der Waals surface area contributed by atoms with Crippen molar-refractivity contribution < 1.29 is 23.6 Å². The largest absolute Gasteiger partial charge is 0.462 e. The molecule has 158 valence electrons. The summed E-state index contributed by atoms with van der Waals surface area (Å²) in [5, 5.41) is 9.54. The van der Waals surface area contributed by atoms with Gasteiger partial charge in [-0.05, 0) is 39.8 Å².